The SMILES string of the molecule is CCc1ccc(NC(C)(C)CN)cc1. The van der Waals surface area contributed by atoms with Crippen LogP contribution in [0.4, 0.5) is 5.69 Å². The van der Waals surface area contributed by atoms with Crippen LogP contribution >= 0.6 is 0 Å². The first kappa shape index (κ1) is 11.1. The van der Waals surface area contributed by atoms with Gasteiger partial charge in [-0.15, -0.1) is 0 Å². The van der Waals surface area contributed by atoms with Gasteiger partial charge in [0.1, 0.15) is 0 Å². The molecule has 3 N–H and O–H groups in total. The van der Waals surface area contributed by atoms with Crippen molar-refractivity contribution in [3.63, 3.8) is 0 Å². The van der Waals surface area contributed by atoms with Gasteiger partial charge in [0.2, 0.25) is 0 Å². The van der Waals surface area contributed by atoms with E-state index in [4.69, 9.17) is 5.73 Å². The average Bonchev–Trinajstić information content (AvgIpc) is 2.19. The Morgan fingerprint density at radius 1 is 1.21 bits per heavy atom. The van der Waals surface area contributed by atoms with Crippen molar-refractivity contribution < 1.29 is 0 Å². The monoisotopic (exact) mass is 192 g/mol. The molecule has 0 spiro atoms. The van der Waals surface area contributed by atoms with Gasteiger partial charge >= 0.3 is 0 Å². The van der Waals surface area contributed by atoms with Gasteiger partial charge in [0.05, 0.1) is 0 Å². The minimum Gasteiger partial charge on any atom is -0.379 e. The van der Waals surface area contributed by atoms with Crippen LogP contribution in [0.1, 0.15) is 26.3 Å². The second-order valence-corrected chi connectivity index (χ2v) is 4.26. The van der Waals surface area contributed by atoms with Crippen molar-refractivity contribution in [3.8, 4) is 0 Å². The summed E-state index contributed by atoms with van der Waals surface area (Å²) in [5, 5.41) is 3.39. The van der Waals surface area contributed by atoms with E-state index in [1.807, 2.05) is 0 Å². The quantitative estimate of drug-likeness (QED) is 0.768. The fourth-order valence-corrected chi connectivity index (χ4v) is 1.27. The van der Waals surface area contributed by atoms with Gasteiger partial charge in [0.15, 0.2) is 0 Å². The second kappa shape index (κ2) is 4.47. The van der Waals surface area contributed by atoms with Gasteiger partial charge in [-0.3, -0.25) is 0 Å². The van der Waals surface area contributed by atoms with Gasteiger partial charge in [-0.1, -0.05) is 19.1 Å². The summed E-state index contributed by atoms with van der Waals surface area (Å²) < 4.78 is 0. The van der Waals surface area contributed by atoms with Gasteiger partial charge in [0, 0.05) is 17.8 Å². The minimum atomic E-state index is -0.0340. The highest BCUT2D eigenvalue weighted by molar-refractivity contribution is 5.46. The zero-order chi connectivity index (χ0) is 10.6. The largest absolute Gasteiger partial charge is 0.379 e. The Morgan fingerprint density at radius 3 is 2.21 bits per heavy atom. The lowest BCUT2D eigenvalue weighted by Gasteiger charge is -2.25. The molecule has 2 nitrogen and oxygen atoms in total. The number of benzene rings is 1. The predicted molar refractivity (Wildman–Crippen MR) is 62.6 cm³/mol. The maximum atomic E-state index is 5.65. The summed E-state index contributed by atoms with van der Waals surface area (Å²) in [6.45, 7) is 6.98. The van der Waals surface area contributed by atoms with Gasteiger partial charge in [-0.05, 0) is 38.0 Å². The van der Waals surface area contributed by atoms with E-state index in [1.54, 1.807) is 0 Å². The molecule has 0 radical (unpaired) electrons. The smallest absolute Gasteiger partial charge is 0.0439 e. The average molecular weight is 192 g/mol. The van der Waals surface area contributed by atoms with Crippen molar-refractivity contribution >= 4 is 5.69 Å². The van der Waals surface area contributed by atoms with Crippen LogP contribution < -0.4 is 11.1 Å². The number of rotatable bonds is 4. The number of nitrogens with one attached hydrogen (secondary N) is 1. The molecule has 0 saturated carbocycles. The summed E-state index contributed by atoms with van der Waals surface area (Å²) in [4.78, 5) is 0. The summed E-state index contributed by atoms with van der Waals surface area (Å²) in [5.74, 6) is 0. The van der Waals surface area contributed by atoms with Crippen molar-refractivity contribution in [2.45, 2.75) is 32.7 Å². The second-order valence-electron chi connectivity index (χ2n) is 4.26. The Kier molecular flexibility index (Phi) is 3.53. The van der Waals surface area contributed by atoms with Crippen LogP contribution in [0.15, 0.2) is 24.3 Å². The maximum absolute atomic E-state index is 5.65. The number of aryl methyl sites for hydroxylation is 1. The zero-order valence-electron chi connectivity index (χ0n) is 9.30. The molecule has 14 heavy (non-hydrogen) atoms. The van der Waals surface area contributed by atoms with E-state index in [2.05, 4.69) is 50.4 Å². The molecular weight excluding hydrogens is 172 g/mol. The van der Waals surface area contributed by atoms with Crippen LogP contribution in [0.2, 0.25) is 0 Å². The predicted octanol–water partition coefficient (Wildman–Crippen LogP) is 2.40. The Balaban J connectivity index is 2.69. The number of nitrogens with two attached hydrogens (primary N) is 1. The van der Waals surface area contributed by atoms with E-state index in [0.717, 1.165) is 12.1 Å². The molecule has 0 aliphatic heterocycles. The zero-order valence-corrected chi connectivity index (χ0v) is 9.30. The lowest BCUT2D eigenvalue weighted by atomic mass is 10.1. The molecule has 0 heterocycles. The molecule has 0 amide bonds. The highest BCUT2D eigenvalue weighted by Crippen LogP contribution is 2.15. The van der Waals surface area contributed by atoms with Gasteiger partial charge in [-0.2, -0.15) is 0 Å². The summed E-state index contributed by atoms with van der Waals surface area (Å²) in [7, 11) is 0. The van der Waals surface area contributed by atoms with E-state index in [0.29, 0.717) is 6.54 Å². The molecule has 1 aromatic rings. The molecule has 2 heteroatoms. The lowest BCUT2D eigenvalue weighted by molar-refractivity contribution is 0.580. The Morgan fingerprint density at radius 2 is 1.79 bits per heavy atom. The molecule has 0 unspecified atom stereocenters. The van der Waals surface area contributed by atoms with E-state index in [-0.39, 0.29) is 5.54 Å². The van der Waals surface area contributed by atoms with Crippen LogP contribution in [0.3, 0.4) is 0 Å². The first-order chi connectivity index (χ1) is 6.57. The number of anilines is 1. The first-order valence-corrected chi connectivity index (χ1v) is 5.14. The van der Waals surface area contributed by atoms with E-state index in [9.17, 15) is 0 Å². The van der Waals surface area contributed by atoms with Crippen molar-refractivity contribution in [1.29, 1.82) is 0 Å². The highest BCUT2D eigenvalue weighted by Gasteiger charge is 2.13. The maximum Gasteiger partial charge on any atom is 0.0439 e. The number of hydrogen-bond acceptors (Lipinski definition) is 2. The summed E-state index contributed by atoms with van der Waals surface area (Å²) in [6.07, 6.45) is 1.08. The van der Waals surface area contributed by atoms with Crippen molar-refractivity contribution in [2.75, 3.05) is 11.9 Å². The standard InChI is InChI=1S/C12H20N2/c1-4-10-5-7-11(8-6-10)14-12(2,3)9-13/h5-8,14H,4,9,13H2,1-3H3. The number of hydrogen-bond donors (Lipinski definition) is 2. The van der Waals surface area contributed by atoms with Gasteiger partial charge in [-0.25, -0.2) is 0 Å². The van der Waals surface area contributed by atoms with Crippen LogP contribution in [-0.4, -0.2) is 12.1 Å². The Bertz CT molecular complexity index is 275. The summed E-state index contributed by atoms with van der Waals surface area (Å²) in [5.41, 5.74) is 8.11. The normalized spacial score (nSPS) is 11.4. The van der Waals surface area contributed by atoms with Crippen molar-refractivity contribution in [3.05, 3.63) is 29.8 Å². The topological polar surface area (TPSA) is 38.0 Å². The molecule has 0 aromatic heterocycles. The van der Waals surface area contributed by atoms with Gasteiger partial charge < -0.3 is 11.1 Å². The minimum absolute atomic E-state index is 0.0340. The molecular formula is C12H20N2. The van der Waals surface area contributed by atoms with Crippen molar-refractivity contribution in [2.24, 2.45) is 5.73 Å². The summed E-state index contributed by atoms with van der Waals surface area (Å²) >= 11 is 0. The first-order valence-electron chi connectivity index (χ1n) is 5.14. The highest BCUT2D eigenvalue weighted by atomic mass is 15.0. The molecule has 0 fully saturated rings. The molecule has 0 atom stereocenters. The van der Waals surface area contributed by atoms with E-state index >= 15 is 0 Å². The van der Waals surface area contributed by atoms with E-state index < -0.39 is 0 Å². The van der Waals surface area contributed by atoms with Crippen molar-refractivity contribution in [1.82, 2.24) is 0 Å². The molecule has 1 rings (SSSR count). The third-order valence-corrected chi connectivity index (χ3v) is 2.36. The molecule has 0 bridgehead atoms. The fourth-order valence-electron chi connectivity index (χ4n) is 1.27. The Hall–Kier alpha value is -1.02. The van der Waals surface area contributed by atoms with Crippen LogP contribution in [0.25, 0.3) is 0 Å². The molecule has 0 saturated heterocycles. The fraction of sp³-hybridized carbons (Fsp3) is 0.500. The third kappa shape index (κ3) is 3.04. The third-order valence-electron chi connectivity index (χ3n) is 2.36. The van der Waals surface area contributed by atoms with Crippen LogP contribution in [-0.2, 0) is 6.42 Å². The van der Waals surface area contributed by atoms with Crippen LogP contribution in [0.5, 0.6) is 0 Å². The molecule has 0 aliphatic rings. The molecule has 1 aromatic carbocycles. The van der Waals surface area contributed by atoms with Gasteiger partial charge in [0.25, 0.3) is 0 Å². The van der Waals surface area contributed by atoms with Crippen LogP contribution in [0, 0.1) is 0 Å². The molecule has 0 aliphatic carbocycles. The summed E-state index contributed by atoms with van der Waals surface area (Å²) in [6, 6.07) is 8.51. The molecule has 78 valence electrons. The lowest BCUT2D eigenvalue weighted by Crippen LogP contribution is -2.39. The van der Waals surface area contributed by atoms with E-state index in [1.165, 1.54) is 5.56 Å². The Labute approximate surface area is 86.5 Å².